The maximum atomic E-state index is 13.3. The molecule has 1 aliphatic rings. The Balaban J connectivity index is 1.06. The molecule has 0 aromatic heterocycles. The van der Waals surface area contributed by atoms with Crippen LogP contribution in [0.4, 0.5) is 17.1 Å². The number of nitrogens with zero attached hydrogens (tertiary/aromatic N) is 3. The SMILES string of the molecule is NCCCC[C@H](CSc1ccccc1)Nc1ccc(S(=O)(=O)NC(=O)c2ccc(N3CCN(Cc4ccccc4-c4ccc(Cl)cc4)CC3)cc2)cc1[N+](=O)[O-]. The van der Waals surface area contributed by atoms with Gasteiger partial charge in [-0.3, -0.25) is 19.8 Å². The number of carbonyl (C=O) groups is 1. The summed E-state index contributed by atoms with van der Waals surface area (Å²) in [6, 6.07) is 36.4. The number of halogens is 1. The molecule has 1 heterocycles. The number of sulfonamides is 1. The summed E-state index contributed by atoms with van der Waals surface area (Å²) in [5, 5.41) is 16.1. The minimum Gasteiger partial charge on any atom is -0.376 e. The first kappa shape index (κ1) is 40.7. The minimum atomic E-state index is -4.43. The number of nitro benzene ring substituents is 1. The van der Waals surface area contributed by atoms with Gasteiger partial charge in [-0.1, -0.05) is 72.6 Å². The number of unbranched alkanes of at least 4 members (excludes halogenated alkanes) is 1. The summed E-state index contributed by atoms with van der Waals surface area (Å²) >= 11 is 7.74. The molecule has 0 radical (unpaired) electrons. The van der Waals surface area contributed by atoms with E-state index >= 15 is 0 Å². The molecule has 1 aliphatic heterocycles. The number of carbonyl (C=O) groups excluding carboxylic acids is 1. The smallest absolute Gasteiger partial charge is 0.293 e. The molecule has 14 heteroatoms. The van der Waals surface area contributed by atoms with Crippen LogP contribution in [0.5, 0.6) is 0 Å². The molecule has 292 valence electrons. The van der Waals surface area contributed by atoms with E-state index in [4.69, 9.17) is 17.3 Å². The summed E-state index contributed by atoms with van der Waals surface area (Å²) in [4.78, 5) is 30.0. The van der Waals surface area contributed by atoms with Crippen LogP contribution < -0.4 is 20.7 Å². The first-order valence-corrected chi connectivity index (χ1v) is 21.4. The molecule has 0 spiro atoms. The molecule has 0 bridgehead atoms. The fourth-order valence-corrected chi connectivity index (χ4v) is 8.77. The molecule has 4 N–H and O–H groups in total. The second-order valence-electron chi connectivity index (χ2n) is 13.6. The van der Waals surface area contributed by atoms with Gasteiger partial charge in [0, 0.05) is 71.8 Å². The molecule has 5 aromatic carbocycles. The Labute approximate surface area is 337 Å². The van der Waals surface area contributed by atoms with Gasteiger partial charge in [-0.2, -0.15) is 0 Å². The van der Waals surface area contributed by atoms with Crippen molar-refractivity contribution in [3.8, 4) is 11.1 Å². The van der Waals surface area contributed by atoms with Gasteiger partial charge in [0.15, 0.2) is 0 Å². The van der Waals surface area contributed by atoms with Crippen LogP contribution in [0.15, 0.2) is 131 Å². The summed E-state index contributed by atoms with van der Waals surface area (Å²) in [6.45, 7) is 4.61. The van der Waals surface area contributed by atoms with Crippen LogP contribution in [0.3, 0.4) is 0 Å². The number of nitrogens with two attached hydrogens (primary N) is 1. The number of piperazine rings is 1. The third-order valence-electron chi connectivity index (χ3n) is 9.70. The van der Waals surface area contributed by atoms with E-state index in [1.54, 1.807) is 36.0 Å². The van der Waals surface area contributed by atoms with Gasteiger partial charge in [0.25, 0.3) is 21.6 Å². The number of hydrogen-bond donors (Lipinski definition) is 3. The van der Waals surface area contributed by atoms with Crippen LogP contribution in [0.1, 0.15) is 35.2 Å². The van der Waals surface area contributed by atoms with Gasteiger partial charge >= 0.3 is 0 Å². The quantitative estimate of drug-likeness (QED) is 0.0364. The second kappa shape index (κ2) is 19.3. The number of nitrogens with one attached hydrogen (secondary N) is 2. The lowest BCUT2D eigenvalue weighted by atomic mass is 9.99. The lowest BCUT2D eigenvalue weighted by Crippen LogP contribution is -2.46. The maximum Gasteiger partial charge on any atom is 0.293 e. The fraction of sp³-hybridized carbons (Fsp3) is 0.262. The van der Waals surface area contributed by atoms with Crippen molar-refractivity contribution in [2.75, 3.05) is 48.7 Å². The average molecular weight is 813 g/mol. The number of nitro groups is 1. The molecule has 6 rings (SSSR count). The van der Waals surface area contributed by atoms with E-state index in [1.807, 2.05) is 60.7 Å². The van der Waals surface area contributed by atoms with Crippen molar-refractivity contribution >= 4 is 56.4 Å². The largest absolute Gasteiger partial charge is 0.376 e. The van der Waals surface area contributed by atoms with Crippen LogP contribution in [-0.2, 0) is 16.6 Å². The van der Waals surface area contributed by atoms with Gasteiger partial charge in [-0.25, -0.2) is 13.1 Å². The highest BCUT2D eigenvalue weighted by Crippen LogP contribution is 2.31. The summed E-state index contributed by atoms with van der Waals surface area (Å²) in [7, 11) is -4.43. The number of thioether (sulfide) groups is 1. The molecule has 0 unspecified atom stereocenters. The Kier molecular flexibility index (Phi) is 14.0. The van der Waals surface area contributed by atoms with Crippen molar-refractivity contribution in [1.82, 2.24) is 9.62 Å². The van der Waals surface area contributed by atoms with E-state index < -0.39 is 26.5 Å². The predicted molar refractivity (Wildman–Crippen MR) is 226 cm³/mol. The average Bonchev–Trinajstić information content (AvgIpc) is 3.21. The lowest BCUT2D eigenvalue weighted by Gasteiger charge is -2.36. The van der Waals surface area contributed by atoms with Crippen molar-refractivity contribution in [1.29, 1.82) is 0 Å². The van der Waals surface area contributed by atoms with Crippen LogP contribution in [0, 0.1) is 10.1 Å². The summed E-state index contributed by atoms with van der Waals surface area (Å²) in [6.07, 6.45) is 2.37. The van der Waals surface area contributed by atoms with Gasteiger partial charge in [0.1, 0.15) is 5.69 Å². The number of rotatable bonds is 17. The van der Waals surface area contributed by atoms with Gasteiger partial charge in [0.05, 0.1) is 9.82 Å². The molecule has 0 aliphatic carbocycles. The lowest BCUT2D eigenvalue weighted by molar-refractivity contribution is -0.384. The van der Waals surface area contributed by atoms with Crippen molar-refractivity contribution in [3.05, 3.63) is 148 Å². The molecular formula is C42H45ClN6O5S2. The van der Waals surface area contributed by atoms with Crippen molar-refractivity contribution in [2.45, 2.75) is 41.6 Å². The topological polar surface area (TPSA) is 151 Å². The van der Waals surface area contributed by atoms with E-state index in [1.165, 1.54) is 23.3 Å². The number of hydrogen-bond acceptors (Lipinski definition) is 10. The number of amides is 1. The van der Waals surface area contributed by atoms with E-state index in [-0.39, 0.29) is 22.2 Å². The van der Waals surface area contributed by atoms with E-state index in [0.29, 0.717) is 17.3 Å². The zero-order valence-electron chi connectivity index (χ0n) is 30.9. The summed E-state index contributed by atoms with van der Waals surface area (Å²) < 4.78 is 28.8. The number of anilines is 2. The predicted octanol–water partition coefficient (Wildman–Crippen LogP) is 8.06. The molecule has 0 saturated carbocycles. The van der Waals surface area contributed by atoms with E-state index in [2.05, 4.69) is 38.0 Å². The normalized spacial score (nSPS) is 13.9. The third-order valence-corrected chi connectivity index (χ3v) is 12.5. The molecule has 56 heavy (non-hydrogen) atoms. The van der Waals surface area contributed by atoms with Crippen LogP contribution >= 0.6 is 23.4 Å². The van der Waals surface area contributed by atoms with Gasteiger partial charge in [0.2, 0.25) is 0 Å². The fourth-order valence-electron chi connectivity index (χ4n) is 6.66. The first-order chi connectivity index (χ1) is 27.1. The maximum absolute atomic E-state index is 13.3. The second-order valence-corrected chi connectivity index (χ2v) is 16.8. The van der Waals surface area contributed by atoms with Crippen LogP contribution in [0.25, 0.3) is 11.1 Å². The summed E-state index contributed by atoms with van der Waals surface area (Å²) in [5.41, 5.74) is 10.1. The zero-order valence-corrected chi connectivity index (χ0v) is 33.2. The van der Waals surface area contributed by atoms with Crippen LogP contribution in [0.2, 0.25) is 5.02 Å². The molecule has 11 nitrogen and oxygen atoms in total. The van der Waals surface area contributed by atoms with E-state index in [9.17, 15) is 23.3 Å². The van der Waals surface area contributed by atoms with Crippen LogP contribution in [-0.4, -0.2) is 68.7 Å². The highest BCUT2D eigenvalue weighted by atomic mass is 35.5. The monoisotopic (exact) mass is 812 g/mol. The molecular weight excluding hydrogens is 768 g/mol. The Morgan fingerprint density at radius 3 is 2.27 bits per heavy atom. The van der Waals surface area contributed by atoms with Crippen molar-refractivity contribution < 1.29 is 18.1 Å². The highest BCUT2D eigenvalue weighted by molar-refractivity contribution is 7.99. The minimum absolute atomic E-state index is 0.136. The number of benzene rings is 5. The highest BCUT2D eigenvalue weighted by Gasteiger charge is 2.26. The van der Waals surface area contributed by atoms with Gasteiger partial charge in [-0.15, -0.1) is 11.8 Å². The molecule has 1 fully saturated rings. The van der Waals surface area contributed by atoms with Crippen molar-refractivity contribution in [2.24, 2.45) is 5.73 Å². The van der Waals surface area contributed by atoms with Crippen molar-refractivity contribution in [3.63, 3.8) is 0 Å². The van der Waals surface area contributed by atoms with E-state index in [0.717, 1.165) is 74.2 Å². The summed E-state index contributed by atoms with van der Waals surface area (Å²) in [5.74, 6) is -0.194. The Hall–Kier alpha value is -4.92. The third kappa shape index (κ3) is 10.9. The molecule has 1 saturated heterocycles. The standard InChI is InChI=1S/C42H45ClN6O5S2/c43-34-17-13-31(14-18-34)39-12-5-4-8-33(39)29-47-24-26-48(27-25-47)36-19-15-32(16-20-36)42(50)46-56(53,54)38-21-22-40(41(28-38)49(51)52)45-35(9-6-7-23-44)30-55-37-10-2-1-3-11-37/h1-5,8,10-22,28,35,45H,6-7,9,23-27,29-30,44H2,(H,46,50)/t35-/m1/s1. The van der Waals surface area contributed by atoms with Gasteiger partial charge in [-0.05, 0) is 96.7 Å². The first-order valence-electron chi connectivity index (χ1n) is 18.5. The molecule has 1 atom stereocenters. The molecule has 5 aromatic rings. The van der Waals surface area contributed by atoms with Gasteiger partial charge < -0.3 is 16.0 Å². The molecule has 1 amide bonds. The Bertz CT molecular complexity index is 2200. The Morgan fingerprint density at radius 2 is 1.57 bits per heavy atom. The Morgan fingerprint density at radius 1 is 0.875 bits per heavy atom. The zero-order chi connectivity index (χ0) is 39.5.